The lowest BCUT2D eigenvalue weighted by Gasteiger charge is -2.24. The summed E-state index contributed by atoms with van der Waals surface area (Å²) in [6.07, 6.45) is 0. The molecule has 0 aliphatic rings. The summed E-state index contributed by atoms with van der Waals surface area (Å²) in [5.74, 6) is 0. The van der Waals surface area contributed by atoms with Crippen molar-refractivity contribution in [1.82, 2.24) is 0 Å². The molecular formula is C22H22F3O3PS. The minimum atomic E-state index is -5.84. The quantitative estimate of drug-likeness (QED) is 0.353. The highest BCUT2D eigenvalue weighted by Crippen LogP contribution is 2.36. The van der Waals surface area contributed by atoms with Crippen molar-refractivity contribution in [3.63, 3.8) is 0 Å². The Labute approximate surface area is 176 Å². The fourth-order valence-corrected chi connectivity index (χ4v) is 5.60. The zero-order valence-corrected chi connectivity index (χ0v) is 18.4. The molecule has 0 radical (unpaired) electrons. The number of halogens is 3. The van der Waals surface area contributed by atoms with E-state index in [1.165, 1.54) is 32.6 Å². The molecule has 0 atom stereocenters. The van der Waals surface area contributed by atoms with Gasteiger partial charge in [0, 0.05) is 0 Å². The Morgan fingerprint density at radius 2 is 0.900 bits per heavy atom. The molecule has 0 saturated carbocycles. The largest absolute Gasteiger partial charge is 0.522 e. The Balaban J connectivity index is 0.000000343. The molecule has 0 heterocycles. The van der Waals surface area contributed by atoms with Crippen LogP contribution in [0.2, 0.25) is 0 Å². The average Bonchev–Trinajstić information content (AvgIpc) is 2.65. The van der Waals surface area contributed by atoms with Crippen molar-refractivity contribution in [2.45, 2.75) is 26.3 Å². The topological polar surface area (TPSA) is 54.4 Å². The molecule has 0 unspecified atom stereocenters. The third kappa shape index (κ3) is 5.91. The fraction of sp³-hybridized carbons (Fsp3) is 0.182. The van der Waals surface area contributed by atoms with Gasteiger partial charge in [-0.25, -0.2) is 0 Å². The van der Waals surface area contributed by atoms with Gasteiger partial charge in [0.15, 0.2) is 0 Å². The second kappa shape index (κ2) is 9.73. The molecule has 3 aromatic carbocycles. The minimum absolute atomic E-state index is 0.508. The summed E-state index contributed by atoms with van der Waals surface area (Å²) in [5.41, 5.74) is -1.41. The number of hydrogen-bond donors (Lipinski definition) is 1. The van der Waals surface area contributed by atoms with Gasteiger partial charge < -0.3 is 0 Å². The van der Waals surface area contributed by atoms with Crippen LogP contribution in [-0.2, 0) is 10.1 Å². The van der Waals surface area contributed by atoms with E-state index in [1.807, 2.05) is 0 Å². The van der Waals surface area contributed by atoms with Crippen LogP contribution in [0.4, 0.5) is 13.2 Å². The number of benzene rings is 3. The number of aryl methyl sites for hydroxylation is 3. The highest BCUT2D eigenvalue weighted by atomic mass is 32.2. The van der Waals surface area contributed by atoms with Crippen molar-refractivity contribution in [3.05, 3.63) is 89.5 Å². The molecule has 3 aromatic rings. The molecule has 0 aliphatic heterocycles. The predicted octanol–water partition coefficient (Wildman–Crippen LogP) is 4.76. The molecule has 1 N–H and O–H groups in total. The first-order valence-corrected chi connectivity index (χ1v) is 11.7. The zero-order valence-electron chi connectivity index (χ0n) is 16.7. The van der Waals surface area contributed by atoms with Crippen LogP contribution in [0.1, 0.15) is 16.7 Å². The van der Waals surface area contributed by atoms with E-state index in [4.69, 9.17) is 13.0 Å². The molecule has 0 aromatic heterocycles. The van der Waals surface area contributed by atoms with Crippen LogP contribution >= 0.6 is 7.92 Å². The van der Waals surface area contributed by atoms with Crippen molar-refractivity contribution >= 4 is 34.0 Å². The smallest absolute Gasteiger partial charge is 0.279 e. The molecule has 160 valence electrons. The van der Waals surface area contributed by atoms with Crippen molar-refractivity contribution < 1.29 is 26.1 Å². The van der Waals surface area contributed by atoms with Gasteiger partial charge in [-0.1, -0.05) is 72.8 Å². The number of alkyl halides is 3. The van der Waals surface area contributed by atoms with E-state index in [1.54, 1.807) is 0 Å². The summed E-state index contributed by atoms with van der Waals surface area (Å²) in [6.45, 7) is 6.67. The molecule has 0 fully saturated rings. The lowest BCUT2D eigenvalue weighted by molar-refractivity contribution is -0.0510. The van der Waals surface area contributed by atoms with E-state index >= 15 is 0 Å². The minimum Gasteiger partial charge on any atom is -0.279 e. The van der Waals surface area contributed by atoms with E-state index in [9.17, 15) is 13.2 Å². The first-order chi connectivity index (χ1) is 13.9. The van der Waals surface area contributed by atoms with Crippen molar-refractivity contribution in [1.29, 1.82) is 0 Å². The average molecular weight is 454 g/mol. The van der Waals surface area contributed by atoms with Crippen LogP contribution in [0.25, 0.3) is 0 Å². The number of hydrogen-bond acceptors (Lipinski definition) is 2. The standard InChI is InChI=1S/C21H21P.CHF3O3S/c1-16-10-4-7-13-19(16)22(20-14-8-5-11-17(20)2)21-15-9-6-12-18(21)3;2-1(3,4)8(5,6)7/h4-15H,1-3H3;(H,5,6,7). The van der Waals surface area contributed by atoms with E-state index in [0.717, 1.165) is 0 Å². The molecule has 0 aliphatic carbocycles. The Morgan fingerprint density at radius 3 is 1.10 bits per heavy atom. The highest BCUT2D eigenvalue weighted by Gasteiger charge is 2.44. The third-order valence-electron chi connectivity index (χ3n) is 4.36. The summed E-state index contributed by atoms with van der Waals surface area (Å²) in [5, 5.41) is 4.38. The van der Waals surface area contributed by atoms with Gasteiger partial charge in [0.25, 0.3) is 0 Å². The van der Waals surface area contributed by atoms with Crippen LogP contribution in [0.15, 0.2) is 72.8 Å². The Hall–Kier alpha value is -2.21. The first kappa shape index (κ1) is 24.1. The lowest BCUT2D eigenvalue weighted by Crippen LogP contribution is -2.25. The summed E-state index contributed by atoms with van der Waals surface area (Å²) < 4.78 is 57.5. The van der Waals surface area contributed by atoms with Crippen molar-refractivity contribution in [3.8, 4) is 0 Å². The van der Waals surface area contributed by atoms with E-state index < -0.39 is 23.5 Å². The molecule has 3 rings (SSSR count). The van der Waals surface area contributed by atoms with E-state index in [-0.39, 0.29) is 0 Å². The van der Waals surface area contributed by atoms with Gasteiger partial charge in [-0.05, 0) is 61.3 Å². The first-order valence-electron chi connectivity index (χ1n) is 8.94. The van der Waals surface area contributed by atoms with Gasteiger partial charge in [-0.15, -0.1) is 0 Å². The predicted molar refractivity (Wildman–Crippen MR) is 117 cm³/mol. The Morgan fingerprint density at radius 1 is 0.667 bits per heavy atom. The highest BCUT2D eigenvalue weighted by molar-refractivity contribution is 7.86. The van der Waals surface area contributed by atoms with Gasteiger partial charge in [0.2, 0.25) is 0 Å². The van der Waals surface area contributed by atoms with Gasteiger partial charge in [0.1, 0.15) is 0 Å². The van der Waals surface area contributed by atoms with Crippen molar-refractivity contribution in [2.75, 3.05) is 0 Å². The van der Waals surface area contributed by atoms with Crippen LogP contribution in [0.3, 0.4) is 0 Å². The number of rotatable bonds is 3. The second-order valence-corrected chi connectivity index (χ2v) is 10.1. The summed E-state index contributed by atoms with van der Waals surface area (Å²) in [4.78, 5) is 0. The lowest BCUT2D eigenvalue weighted by atomic mass is 10.2. The fourth-order valence-electron chi connectivity index (χ4n) is 2.83. The maximum absolute atomic E-state index is 10.7. The van der Waals surface area contributed by atoms with Gasteiger partial charge in [-0.2, -0.15) is 21.6 Å². The summed E-state index contributed by atoms with van der Waals surface area (Å²) in [6, 6.07) is 26.4. The SMILES string of the molecule is Cc1ccccc1P(c1ccccc1C)c1ccccc1C.O=S(=O)(O)C(F)(F)F. The Kier molecular flexibility index (Phi) is 7.81. The van der Waals surface area contributed by atoms with E-state index in [0.29, 0.717) is 0 Å². The maximum Gasteiger partial charge on any atom is 0.522 e. The summed E-state index contributed by atoms with van der Waals surface area (Å²) >= 11 is 0. The molecular weight excluding hydrogens is 432 g/mol. The maximum atomic E-state index is 10.7. The van der Waals surface area contributed by atoms with Crippen LogP contribution < -0.4 is 15.9 Å². The van der Waals surface area contributed by atoms with Crippen molar-refractivity contribution in [2.24, 2.45) is 0 Å². The van der Waals surface area contributed by atoms with Crippen LogP contribution in [0.5, 0.6) is 0 Å². The molecule has 0 saturated heterocycles. The molecule has 8 heteroatoms. The zero-order chi connectivity index (χ0) is 22.5. The molecule has 3 nitrogen and oxygen atoms in total. The van der Waals surface area contributed by atoms with Gasteiger partial charge in [0.05, 0.1) is 0 Å². The van der Waals surface area contributed by atoms with Crippen LogP contribution in [0, 0.1) is 20.8 Å². The van der Waals surface area contributed by atoms with Gasteiger partial charge >= 0.3 is 15.6 Å². The van der Waals surface area contributed by atoms with Crippen LogP contribution in [-0.4, -0.2) is 18.5 Å². The molecule has 30 heavy (non-hydrogen) atoms. The normalized spacial score (nSPS) is 11.7. The Bertz CT molecular complexity index is 1000. The summed E-state index contributed by atoms with van der Waals surface area (Å²) in [7, 11) is -6.35. The molecule has 0 spiro atoms. The van der Waals surface area contributed by atoms with Gasteiger partial charge in [-0.3, -0.25) is 4.55 Å². The third-order valence-corrected chi connectivity index (χ3v) is 7.90. The monoisotopic (exact) mass is 454 g/mol. The molecule has 0 amide bonds. The van der Waals surface area contributed by atoms with E-state index in [2.05, 4.69) is 93.6 Å². The molecule has 0 bridgehead atoms. The second-order valence-electron chi connectivity index (χ2n) is 6.62.